The van der Waals surface area contributed by atoms with Crippen LogP contribution in [0.4, 0.5) is 5.69 Å². The predicted molar refractivity (Wildman–Crippen MR) is 91.3 cm³/mol. The Morgan fingerprint density at radius 3 is 1.58 bits per heavy atom. The number of hydrogen-bond donors (Lipinski definition) is 1. The Labute approximate surface area is 166 Å². The molecule has 0 aromatic heterocycles. The van der Waals surface area contributed by atoms with Crippen molar-refractivity contribution in [2.75, 3.05) is 5.73 Å². The quantitative estimate of drug-likeness (QED) is 0.473. The Morgan fingerprint density at radius 2 is 1.25 bits per heavy atom. The maximum atomic E-state index is 11.1. The van der Waals surface area contributed by atoms with Crippen molar-refractivity contribution in [3.8, 4) is 0 Å². The minimum atomic E-state index is -4.40. The molecule has 0 aliphatic heterocycles. The number of hydrogen-bond acceptors (Lipinski definition) is 4. The summed E-state index contributed by atoms with van der Waals surface area (Å²) in [7, 11) is -4.40. The Morgan fingerprint density at radius 1 is 0.875 bits per heavy atom. The van der Waals surface area contributed by atoms with Crippen molar-refractivity contribution >= 4 is 15.8 Å². The summed E-state index contributed by atoms with van der Waals surface area (Å²) < 4.78 is 33.2. The second-order valence-electron chi connectivity index (χ2n) is 5.72. The molecule has 0 saturated carbocycles. The van der Waals surface area contributed by atoms with Gasteiger partial charge in [0.05, 0.1) is 4.90 Å². The van der Waals surface area contributed by atoms with Gasteiger partial charge in [-0.15, -0.1) is 0 Å². The van der Waals surface area contributed by atoms with Crippen LogP contribution in [0.2, 0.25) is 0 Å². The summed E-state index contributed by atoms with van der Waals surface area (Å²) in [4.78, 5) is -0.184. The fourth-order valence-electron chi connectivity index (χ4n) is 3.13. The monoisotopic (exact) mass is 355 g/mol. The number of anilines is 1. The molecule has 0 bridgehead atoms. The summed E-state index contributed by atoms with van der Waals surface area (Å²) in [5.41, 5.74) is 8.76. The predicted octanol–water partition coefficient (Wildman–Crippen LogP) is 0.864. The molecule has 0 aliphatic carbocycles. The fraction of sp³-hybridized carbons (Fsp3) is 0.333. The topological polar surface area (TPSA) is 83.2 Å². The molecule has 24 heavy (non-hydrogen) atoms. The average Bonchev–Trinajstić information content (AvgIpc) is 2.53. The maximum Gasteiger partial charge on any atom is 1.00 e. The van der Waals surface area contributed by atoms with E-state index in [0.29, 0.717) is 5.92 Å². The molecule has 0 saturated heterocycles. The van der Waals surface area contributed by atoms with Gasteiger partial charge in [-0.05, 0) is 60.1 Å². The van der Waals surface area contributed by atoms with Crippen LogP contribution in [0.3, 0.4) is 0 Å². The van der Waals surface area contributed by atoms with Crippen LogP contribution < -0.4 is 35.3 Å². The Hall–Kier alpha value is -0.850. The van der Waals surface area contributed by atoms with Crippen LogP contribution in [-0.4, -0.2) is 13.0 Å². The molecule has 2 unspecified atom stereocenters. The van der Waals surface area contributed by atoms with Crippen molar-refractivity contribution < 1.29 is 42.5 Å². The number of nitrogen functional groups attached to an aromatic ring is 1. The van der Waals surface area contributed by atoms with Gasteiger partial charge in [0.1, 0.15) is 10.1 Å². The number of nitrogens with two attached hydrogens (primary N) is 1. The van der Waals surface area contributed by atoms with E-state index in [9.17, 15) is 13.0 Å². The van der Waals surface area contributed by atoms with Crippen molar-refractivity contribution in [1.82, 2.24) is 0 Å². The first-order valence-corrected chi connectivity index (χ1v) is 9.19. The molecule has 6 heteroatoms. The normalized spacial score (nSPS) is 13.8. The molecule has 2 aromatic carbocycles. The molecule has 0 amide bonds. The molecule has 2 rings (SSSR count). The van der Waals surface area contributed by atoms with E-state index in [-0.39, 0.29) is 40.4 Å². The van der Waals surface area contributed by atoms with Crippen LogP contribution in [-0.2, 0) is 10.1 Å². The van der Waals surface area contributed by atoms with Gasteiger partial charge in [0.2, 0.25) is 0 Å². The zero-order valence-electron chi connectivity index (χ0n) is 14.4. The van der Waals surface area contributed by atoms with Crippen LogP contribution >= 0.6 is 0 Å². The summed E-state index contributed by atoms with van der Waals surface area (Å²) in [6.07, 6.45) is 1.89. The average molecular weight is 355 g/mol. The molecule has 0 aliphatic rings. The standard InChI is InChI=1S/C18H23NO3S.Na/c1-3-17(13-5-9-15(19)10-6-13)18(4-2)14-7-11-16(12-8-14)23(20,21)22;/h5-12,17-18H,3-4,19H2,1-2H3,(H,20,21,22);/q;+1/p-1. The van der Waals surface area contributed by atoms with Gasteiger partial charge in [0.15, 0.2) is 0 Å². The summed E-state index contributed by atoms with van der Waals surface area (Å²) in [6.45, 7) is 4.25. The molecular formula is C18H22NNaO3S. The van der Waals surface area contributed by atoms with Crippen LogP contribution in [0, 0.1) is 0 Å². The zero-order chi connectivity index (χ0) is 17.0. The van der Waals surface area contributed by atoms with Crippen molar-refractivity contribution in [2.24, 2.45) is 0 Å². The van der Waals surface area contributed by atoms with E-state index in [1.54, 1.807) is 12.1 Å². The van der Waals surface area contributed by atoms with Crippen molar-refractivity contribution in [3.63, 3.8) is 0 Å². The van der Waals surface area contributed by atoms with Gasteiger partial charge in [-0.3, -0.25) is 0 Å². The first-order valence-electron chi connectivity index (χ1n) is 7.78. The molecule has 2 aromatic rings. The molecule has 0 spiro atoms. The van der Waals surface area contributed by atoms with E-state index >= 15 is 0 Å². The molecular weight excluding hydrogens is 333 g/mol. The minimum Gasteiger partial charge on any atom is -0.744 e. The fourth-order valence-corrected chi connectivity index (χ4v) is 3.60. The van der Waals surface area contributed by atoms with Gasteiger partial charge in [0.25, 0.3) is 0 Å². The molecule has 0 heterocycles. The molecule has 0 radical (unpaired) electrons. The Balaban J connectivity index is 0.00000288. The van der Waals surface area contributed by atoms with E-state index in [1.165, 1.54) is 17.7 Å². The van der Waals surface area contributed by atoms with E-state index in [0.717, 1.165) is 24.1 Å². The third-order valence-electron chi connectivity index (χ3n) is 4.33. The molecule has 124 valence electrons. The van der Waals surface area contributed by atoms with Gasteiger partial charge in [-0.2, -0.15) is 0 Å². The van der Waals surface area contributed by atoms with E-state index in [4.69, 9.17) is 5.73 Å². The van der Waals surface area contributed by atoms with Gasteiger partial charge < -0.3 is 10.3 Å². The molecule has 0 fully saturated rings. The van der Waals surface area contributed by atoms with Gasteiger partial charge >= 0.3 is 29.6 Å². The third kappa shape index (κ3) is 5.07. The van der Waals surface area contributed by atoms with Crippen LogP contribution in [0.5, 0.6) is 0 Å². The SMILES string of the molecule is CCC(c1ccc(N)cc1)C(CC)c1ccc(S(=O)(=O)[O-])cc1.[Na+]. The Kier molecular flexibility index (Phi) is 7.96. The smallest absolute Gasteiger partial charge is 0.744 e. The molecule has 2 N–H and O–H groups in total. The minimum absolute atomic E-state index is 0. The third-order valence-corrected chi connectivity index (χ3v) is 5.18. The zero-order valence-corrected chi connectivity index (χ0v) is 17.2. The summed E-state index contributed by atoms with van der Waals surface area (Å²) in [5.74, 6) is 0.572. The molecule has 2 atom stereocenters. The van der Waals surface area contributed by atoms with Gasteiger partial charge in [-0.25, -0.2) is 8.42 Å². The van der Waals surface area contributed by atoms with Crippen LogP contribution in [0.25, 0.3) is 0 Å². The second kappa shape index (κ2) is 9.02. The Bertz CT molecular complexity index is 743. The van der Waals surface area contributed by atoms with Gasteiger partial charge in [0, 0.05) is 5.69 Å². The van der Waals surface area contributed by atoms with E-state index in [1.807, 2.05) is 24.3 Å². The second-order valence-corrected chi connectivity index (χ2v) is 7.10. The molecule has 4 nitrogen and oxygen atoms in total. The van der Waals surface area contributed by atoms with Crippen molar-refractivity contribution in [2.45, 2.75) is 43.4 Å². The van der Waals surface area contributed by atoms with Crippen LogP contribution in [0.1, 0.15) is 49.7 Å². The van der Waals surface area contributed by atoms with E-state index < -0.39 is 10.1 Å². The summed E-state index contributed by atoms with van der Waals surface area (Å²) in [5, 5.41) is 0. The number of rotatable bonds is 6. The first kappa shape index (κ1) is 21.2. The largest absolute Gasteiger partial charge is 1.00 e. The summed E-state index contributed by atoms with van der Waals surface area (Å²) >= 11 is 0. The van der Waals surface area contributed by atoms with Crippen molar-refractivity contribution in [3.05, 3.63) is 59.7 Å². The maximum absolute atomic E-state index is 11.1. The van der Waals surface area contributed by atoms with Crippen LogP contribution in [0.15, 0.2) is 53.4 Å². The first-order chi connectivity index (χ1) is 10.9. The number of benzene rings is 2. The van der Waals surface area contributed by atoms with Crippen molar-refractivity contribution in [1.29, 1.82) is 0 Å². The van der Waals surface area contributed by atoms with Gasteiger partial charge in [-0.1, -0.05) is 38.1 Å². The van der Waals surface area contributed by atoms with E-state index in [2.05, 4.69) is 13.8 Å². The summed E-state index contributed by atoms with van der Waals surface area (Å²) in [6, 6.07) is 14.2.